The first-order chi connectivity index (χ1) is 10.4. The molecule has 1 aromatic carbocycles. The molecule has 1 aromatic rings. The first-order valence-electron chi connectivity index (χ1n) is 7.51. The Morgan fingerprint density at radius 3 is 2.59 bits per heavy atom. The summed E-state index contributed by atoms with van der Waals surface area (Å²) in [5.74, 6) is 0.369. The van der Waals surface area contributed by atoms with Crippen LogP contribution in [0.1, 0.15) is 38.2 Å². The highest BCUT2D eigenvalue weighted by Crippen LogP contribution is 2.34. The van der Waals surface area contributed by atoms with Crippen molar-refractivity contribution in [3.05, 3.63) is 29.8 Å². The van der Waals surface area contributed by atoms with E-state index < -0.39 is 6.36 Å². The lowest BCUT2D eigenvalue weighted by molar-refractivity contribution is -0.274. The minimum atomic E-state index is -4.68. The number of amides is 1. The Morgan fingerprint density at radius 1 is 1.32 bits per heavy atom. The summed E-state index contributed by atoms with van der Waals surface area (Å²) in [6.45, 7) is 2.13. The van der Waals surface area contributed by atoms with Gasteiger partial charge in [0.2, 0.25) is 5.91 Å². The number of carbonyl (C=O) groups excluding carboxylic acids is 1. The van der Waals surface area contributed by atoms with Gasteiger partial charge in [-0.3, -0.25) is 4.79 Å². The lowest BCUT2D eigenvalue weighted by Gasteiger charge is -2.09. The maximum absolute atomic E-state index is 12.0. The molecule has 0 radical (unpaired) electrons. The maximum Gasteiger partial charge on any atom is 0.573 e. The van der Waals surface area contributed by atoms with E-state index in [9.17, 15) is 18.0 Å². The summed E-state index contributed by atoms with van der Waals surface area (Å²) in [6.07, 6.45) is -0.503. The molecule has 1 fully saturated rings. The minimum Gasteiger partial charge on any atom is -0.406 e. The highest BCUT2D eigenvalue weighted by Gasteiger charge is 2.36. The van der Waals surface area contributed by atoms with E-state index in [0.29, 0.717) is 24.8 Å². The molecule has 1 amide bonds. The summed E-state index contributed by atoms with van der Waals surface area (Å²) in [5, 5.41) is 2.99. The number of benzene rings is 1. The van der Waals surface area contributed by atoms with E-state index in [0.717, 1.165) is 24.8 Å². The van der Waals surface area contributed by atoms with Crippen LogP contribution in [0.4, 0.5) is 13.2 Å². The molecule has 3 nitrogen and oxygen atoms in total. The predicted molar refractivity (Wildman–Crippen MR) is 76.4 cm³/mol. The first kappa shape index (κ1) is 16.6. The molecule has 122 valence electrons. The molecule has 6 heteroatoms. The van der Waals surface area contributed by atoms with Crippen molar-refractivity contribution >= 4 is 5.91 Å². The van der Waals surface area contributed by atoms with Crippen molar-refractivity contribution < 1.29 is 22.7 Å². The van der Waals surface area contributed by atoms with Crippen molar-refractivity contribution in [1.82, 2.24) is 5.32 Å². The third-order valence-electron chi connectivity index (χ3n) is 3.73. The van der Waals surface area contributed by atoms with Crippen LogP contribution >= 0.6 is 0 Å². The molecular weight excluding hydrogens is 295 g/mol. The molecule has 2 rings (SSSR count). The van der Waals surface area contributed by atoms with Crippen molar-refractivity contribution in [2.24, 2.45) is 5.92 Å². The highest BCUT2D eigenvalue weighted by atomic mass is 19.4. The third kappa shape index (κ3) is 5.58. The number of ether oxygens (including phenoxy) is 1. The second kappa shape index (κ2) is 7.03. The van der Waals surface area contributed by atoms with Gasteiger partial charge in [-0.2, -0.15) is 0 Å². The number of halogens is 3. The Kier molecular flexibility index (Phi) is 5.32. The van der Waals surface area contributed by atoms with Crippen LogP contribution < -0.4 is 10.1 Å². The molecule has 2 unspecified atom stereocenters. The molecule has 0 aromatic heterocycles. The predicted octanol–water partition coefficient (Wildman–Crippen LogP) is 3.82. The Morgan fingerprint density at radius 2 is 2.00 bits per heavy atom. The molecule has 1 aliphatic carbocycles. The van der Waals surface area contributed by atoms with E-state index in [2.05, 4.69) is 17.0 Å². The van der Waals surface area contributed by atoms with Crippen molar-refractivity contribution in [2.75, 3.05) is 0 Å². The van der Waals surface area contributed by atoms with Crippen LogP contribution in [0.5, 0.6) is 5.75 Å². The number of aryl methyl sites for hydroxylation is 1. The fraction of sp³-hybridized carbons (Fsp3) is 0.562. The van der Waals surface area contributed by atoms with E-state index in [-0.39, 0.29) is 11.7 Å². The Bertz CT molecular complexity index is 499. The molecule has 1 aliphatic rings. The van der Waals surface area contributed by atoms with Gasteiger partial charge >= 0.3 is 6.36 Å². The van der Waals surface area contributed by atoms with Gasteiger partial charge in [0.15, 0.2) is 0 Å². The van der Waals surface area contributed by atoms with E-state index in [1.165, 1.54) is 12.1 Å². The van der Waals surface area contributed by atoms with Crippen LogP contribution in [-0.2, 0) is 11.2 Å². The van der Waals surface area contributed by atoms with Gasteiger partial charge in [0, 0.05) is 12.5 Å². The van der Waals surface area contributed by atoms with Crippen LogP contribution in [0.3, 0.4) is 0 Å². The molecule has 2 atom stereocenters. The van der Waals surface area contributed by atoms with Gasteiger partial charge in [-0.1, -0.05) is 25.5 Å². The van der Waals surface area contributed by atoms with Crippen molar-refractivity contribution in [2.45, 2.75) is 51.4 Å². The summed E-state index contributed by atoms with van der Waals surface area (Å²) >= 11 is 0. The molecule has 0 heterocycles. The van der Waals surface area contributed by atoms with Crippen molar-refractivity contribution in [3.63, 3.8) is 0 Å². The SMILES string of the molecule is CCCC1CC1NC(=O)CCc1ccc(OC(F)(F)F)cc1. The summed E-state index contributed by atoms with van der Waals surface area (Å²) < 4.78 is 39.9. The van der Waals surface area contributed by atoms with Gasteiger partial charge in [0.25, 0.3) is 0 Å². The largest absolute Gasteiger partial charge is 0.573 e. The molecule has 0 saturated heterocycles. The van der Waals surface area contributed by atoms with Crippen LogP contribution in [0, 0.1) is 5.92 Å². The molecule has 0 spiro atoms. The second-order valence-corrected chi connectivity index (χ2v) is 5.65. The number of alkyl halides is 3. The smallest absolute Gasteiger partial charge is 0.406 e. The summed E-state index contributed by atoms with van der Waals surface area (Å²) in [7, 11) is 0. The first-order valence-corrected chi connectivity index (χ1v) is 7.51. The van der Waals surface area contributed by atoms with Gasteiger partial charge in [-0.05, 0) is 42.9 Å². The van der Waals surface area contributed by atoms with Crippen molar-refractivity contribution in [3.8, 4) is 5.75 Å². The van der Waals surface area contributed by atoms with E-state index >= 15 is 0 Å². The molecule has 1 N–H and O–H groups in total. The van der Waals surface area contributed by atoms with Gasteiger partial charge in [0.05, 0.1) is 0 Å². The zero-order chi connectivity index (χ0) is 16.2. The molecule has 22 heavy (non-hydrogen) atoms. The number of hydrogen-bond donors (Lipinski definition) is 1. The average molecular weight is 315 g/mol. The summed E-state index contributed by atoms with van der Waals surface area (Å²) in [5.41, 5.74) is 0.811. The van der Waals surface area contributed by atoms with E-state index in [4.69, 9.17) is 0 Å². The fourth-order valence-corrected chi connectivity index (χ4v) is 2.51. The third-order valence-corrected chi connectivity index (χ3v) is 3.73. The van der Waals surface area contributed by atoms with Crippen LogP contribution in [0.25, 0.3) is 0 Å². The van der Waals surface area contributed by atoms with E-state index in [1.807, 2.05) is 0 Å². The maximum atomic E-state index is 12.0. The van der Waals surface area contributed by atoms with Gasteiger partial charge in [-0.15, -0.1) is 13.2 Å². The molecule has 0 bridgehead atoms. The Hall–Kier alpha value is -1.72. The summed E-state index contributed by atoms with van der Waals surface area (Å²) in [4.78, 5) is 11.8. The lowest BCUT2D eigenvalue weighted by Crippen LogP contribution is -2.27. The topological polar surface area (TPSA) is 38.3 Å². The number of hydrogen-bond acceptors (Lipinski definition) is 2. The second-order valence-electron chi connectivity index (χ2n) is 5.65. The normalized spacial score (nSPS) is 20.5. The van der Waals surface area contributed by atoms with Crippen molar-refractivity contribution in [1.29, 1.82) is 0 Å². The number of rotatable bonds is 7. The quantitative estimate of drug-likeness (QED) is 0.830. The molecule has 1 saturated carbocycles. The van der Waals surface area contributed by atoms with Gasteiger partial charge in [0.1, 0.15) is 5.75 Å². The Balaban J connectivity index is 1.71. The minimum absolute atomic E-state index is 0.000721. The average Bonchev–Trinajstić information content (AvgIpc) is 3.14. The highest BCUT2D eigenvalue weighted by molar-refractivity contribution is 5.76. The summed E-state index contributed by atoms with van der Waals surface area (Å²) in [6, 6.07) is 5.93. The standard InChI is InChI=1S/C16H20F3NO2/c1-2-3-12-10-14(12)20-15(21)9-6-11-4-7-13(8-5-11)22-16(17,18)19/h4-5,7-8,12,14H,2-3,6,9-10H2,1H3,(H,20,21). The van der Waals surface area contributed by atoms with Gasteiger partial charge in [-0.25, -0.2) is 0 Å². The van der Waals surface area contributed by atoms with E-state index in [1.54, 1.807) is 12.1 Å². The Labute approximate surface area is 127 Å². The number of carbonyl (C=O) groups is 1. The number of nitrogens with one attached hydrogen (secondary N) is 1. The van der Waals surface area contributed by atoms with Gasteiger partial charge < -0.3 is 10.1 Å². The van der Waals surface area contributed by atoms with Crippen LogP contribution in [-0.4, -0.2) is 18.3 Å². The lowest BCUT2D eigenvalue weighted by atomic mass is 10.1. The zero-order valence-electron chi connectivity index (χ0n) is 12.5. The fourth-order valence-electron chi connectivity index (χ4n) is 2.51. The van der Waals surface area contributed by atoms with Crippen LogP contribution in [0.15, 0.2) is 24.3 Å². The monoisotopic (exact) mass is 315 g/mol. The van der Waals surface area contributed by atoms with Crippen LogP contribution in [0.2, 0.25) is 0 Å². The zero-order valence-corrected chi connectivity index (χ0v) is 12.5. The molecule has 0 aliphatic heterocycles. The molecular formula is C16H20F3NO2.